The first-order valence-electron chi connectivity index (χ1n) is 8.57. The van der Waals surface area contributed by atoms with E-state index in [9.17, 15) is 19.8 Å². The van der Waals surface area contributed by atoms with E-state index in [4.69, 9.17) is 0 Å². The molecule has 0 saturated carbocycles. The highest BCUT2D eigenvalue weighted by Gasteiger charge is 2.19. The standard InChI is InChI=1S/C22H16N2O4/c25-15-5-1-3-13(11-15)21(18-9-10-20(27)24-18)17-7-8-19(23-17)22(28)14-4-2-6-16(26)12-14/h1-12,23,25-26H,(H,24,27)/b21-18-. The fourth-order valence-corrected chi connectivity index (χ4v) is 3.11. The number of nitrogens with one attached hydrogen (secondary N) is 2. The Morgan fingerprint density at radius 1 is 0.786 bits per heavy atom. The number of carbonyl (C=O) groups is 2. The van der Waals surface area contributed by atoms with Crippen LogP contribution in [0.5, 0.6) is 11.5 Å². The quantitative estimate of drug-likeness (QED) is 0.529. The van der Waals surface area contributed by atoms with E-state index in [1.807, 2.05) is 0 Å². The van der Waals surface area contributed by atoms with Gasteiger partial charge in [0, 0.05) is 22.9 Å². The molecule has 1 aliphatic heterocycles. The smallest absolute Gasteiger partial charge is 0.248 e. The largest absolute Gasteiger partial charge is 0.508 e. The number of carbonyl (C=O) groups excluding carboxylic acids is 2. The van der Waals surface area contributed by atoms with E-state index >= 15 is 0 Å². The summed E-state index contributed by atoms with van der Waals surface area (Å²) in [6.45, 7) is 0. The van der Waals surface area contributed by atoms with Gasteiger partial charge in [-0.2, -0.15) is 0 Å². The number of benzene rings is 2. The number of rotatable bonds is 4. The van der Waals surface area contributed by atoms with E-state index in [2.05, 4.69) is 10.3 Å². The second-order valence-electron chi connectivity index (χ2n) is 6.33. The summed E-state index contributed by atoms with van der Waals surface area (Å²) in [4.78, 5) is 27.4. The third kappa shape index (κ3) is 3.31. The van der Waals surface area contributed by atoms with Gasteiger partial charge in [-0.05, 0) is 48.0 Å². The summed E-state index contributed by atoms with van der Waals surface area (Å²) < 4.78 is 0. The van der Waals surface area contributed by atoms with Crippen molar-refractivity contribution in [1.29, 1.82) is 0 Å². The third-order valence-electron chi connectivity index (χ3n) is 4.37. The van der Waals surface area contributed by atoms with Crippen molar-refractivity contribution in [3.05, 3.63) is 101 Å². The van der Waals surface area contributed by atoms with E-state index < -0.39 is 0 Å². The molecule has 138 valence electrons. The summed E-state index contributed by atoms with van der Waals surface area (Å²) in [6, 6.07) is 16.1. The normalized spacial score (nSPS) is 14.8. The number of amides is 1. The Morgan fingerprint density at radius 2 is 1.43 bits per heavy atom. The van der Waals surface area contributed by atoms with Gasteiger partial charge < -0.3 is 20.5 Å². The summed E-state index contributed by atoms with van der Waals surface area (Å²) >= 11 is 0. The molecule has 0 atom stereocenters. The van der Waals surface area contributed by atoms with Crippen LogP contribution in [0.3, 0.4) is 0 Å². The van der Waals surface area contributed by atoms with Gasteiger partial charge in [-0.1, -0.05) is 24.3 Å². The van der Waals surface area contributed by atoms with Gasteiger partial charge in [-0.25, -0.2) is 0 Å². The van der Waals surface area contributed by atoms with Crippen molar-refractivity contribution in [2.75, 3.05) is 0 Å². The summed E-state index contributed by atoms with van der Waals surface area (Å²) in [7, 11) is 0. The molecular weight excluding hydrogens is 356 g/mol. The van der Waals surface area contributed by atoms with E-state index in [1.165, 1.54) is 18.2 Å². The molecule has 28 heavy (non-hydrogen) atoms. The highest BCUT2D eigenvalue weighted by molar-refractivity contribution is 6.08. The number of phenolic OH excluding ortho intramolecular Hbond substituents is 2. The SMILES string of the molecule is O=C1C=C/C(=C(\c2cccc(O)c2)c2ccc(C(=O)c3cccc(O)c3)[nH]2)N1. The fraction of sp³-hybridized carbons (Fsp3) is 0. The molecule has 3 aromatic rings. The Balaban J connectivity index is 1.78. The van der Waals surface area contributed by atoms with E-state index in [1.54, 1.807) is 54.6 Å². The fourth-order valence-electron chi connectivity index (χ4n) is 3.11. The average Bonchev–Trinajstić information content (AvgIpc) is 3.31. The van der Waals surface area contributed by atoms with Gasteiger partial charge in [0.1, 0.15) is 11.5 Å². The minimum atomic E-state index is -0.270. The van der Waals surface area contributed by atoms with E-state index in [-0.39, 0.29) is 23.2 Å². The molecule has 0 spiro atoms. The Labute approximate surface area is 160 Å². The van der Waals surface area contributed by atoms with Gasteiger partial charge in [-0.15, -0.1) is 0 Å². The zero-order valence-electron chi connectivity index (χ0n) is 14.6. The zero-order valence-corrected chi connectivity index (χ0v) is 14.6. The van der Waals surface area contributed by atoms with Gasteiger partial charge in [0.2, 0.25) is 11.7 Å². The lowest BCUT2D eigenvalue weighted by molar-refractivity contribution is -0.115. The van der Waals surface area contributed by atoms with Crippen LogP contribution in [0.4, 0.5) is 0 Å². The lowest BCUT2D eigenvalue weighted by Gasteiger charge is -2.11. The highest BCUT2D eigenvalue weighted by atomic mass is 16.3. The van der Waals surface area contributed by atoms with Crippen molar-refractivity contribution < 1.29 is 19.8 Å². The van der Waals surface area contributed by atoms with Crippen LogP contribution in [0.15, 0.2) is 78.5 Å². The maximum atomic E-state index is 12.7. The van der Waals surface area contributed by atoms with Crippen LogP contribution in [-0.4, -0.2) is 26.9 Å². The summed E-state index contributed by atoms with van der Waals surface area (Å²) in [5.41, 5.74) is 3.19. The molecule has 4 N–H and O–H groups in total. The highest BCUT2D eigenvalue weighted by Crippen LogP contribution is 2.30. The van der Waals surface area contributed by atoms with Gasteiger partial charge in [0.05, 0.1) is 11.4 Å². The Hall–Kier alpha value is -4.06. The molecule has 2 aromatic carbocycles. The van der Waals surface area contributed by atoms with Gasteiger partial charge >= 0.3 is 0 Å². The first kappa shape index (κ1) is 17.4. The predicted octanol–water partition coefficient (Wildman–Crippen LogP) is 3.10. The molecule has 2 heterocycles. The topological polar surface area (TPSA) is 102 Å². The molecule has 1 aliphatic rings. The molecule has 0 fully saturated rings. The maximum Gasteiger partial charge on any atom is 0.248 e. The van der Waals surface area contributed by atoms with Crippen LogP contribution in [0.25, 0.3) is 5.57 Å². The zero-order chi connectivity index (χ0) is 19.7. The van der Waals surface area contributed by atoms with Gasteiger partial charge in [0.15, 0.2) is 0 Å². The average molecular weight is 372 g/mol. The van der Waals surface area contributed by atoms with Crippen LogP contribution in [0.2, 0.25) is 0 Å². The Bertz CT molecular complexity index is 1150. The number of H-pyrrole nitrogens is 1. The first-order valence-corrected chi connectivity index (χ1v) is 8.57. The van der Waals surface area contributed by atoms with Gasteiger partial charge in [0.25, 0.3) is 0 Å². The second-order valence-corrected chi connectivity index (χ2v) is 6.33. The van der Waals surface area contributed by atoms with Crippen LogP contribution in [0.1, 0.15) is 27.3 Å². The first-order chi connectivity index (χ1) is 13.5. The van der Waals surface area contributed by atoms with Crippen molar-refractivity contribution in [3.63, 3.8) is 0 Å². The number of allylic oxidation sites excluding steroid dienone is 1. The minimum Gasteiger partial charge on any atom is -0.508 e. The van der Waals surface area contributed by atoms with Crippen LogP contribution >= 0.6 is 0 Å². The van der Waals surface area contributed by atoms with E-state index in [0.29, 0.717) is 33.8 Å². The molecule has 1 amide bonds. The van der Waals surface area contributed by atoms with Crippen molar-refractivity contribution in [2.24, 2.45) is 0 Å². The van der Waals surface area contributed by atoms with Crippen LogP contribution < -0.4 is 5.32 Å². The predicted molar refractivity (Wildman–Crippen MR) is 104 cm³/mol. The molecule has 0 saturated heterocycles. The molecule has 6 heteroatoms. The number of hydrogen-bond donors (Lipinski definition) is 4. The van der Waals surface area contributed by atoms with Crippen molar-refractivity contribution in [1.82, 2.24) is 10.3 Å². The lowest BCUT2D eigenvalue weighted by Crippen LogP contribution is -2.15. The molecular formula is C22H16N2O4. The number of aromatic nitrogens is 1. The molecule has 6 nitrogen and oxygen atoms in total. The number of hydrogen-bond acceptors (Lipinski definition) is 4. The monoisotopic (exact) mass is 372 g/mol. The number of ketones is 1. The molecule has 0 bridgehead atoms. The second kappa shape index (κ2) is 6.92. The Kier molecular flexibility index (Phi) is 4.29. The Morgan fingerprint density at radius 3 is 2.07 bits per heavy atom. The van der Waals surface area contributed by atoms with Crippen LogP contribution in [-0.2, 0) is 4.79 Å². The van der Waals surface area contributed by atoms with Crippen molar-refractivity contribution in [3.8, 4) is 11.5 Å². The molecule has 0 radical (unpaired) electrons. The molecule has 4 rings (SSSR count). The van der Waals surface area contributed by atoms with Crippen LogP contribution in [0, 0.1) is 0 Å². The minimum absolute atomic E-state index is 0.0130. The number of aromatic hydroxyl groups is 2. The summed E-state index contributed by atoms with van der Waals surface area (Å²) in [6.07, 6.45) is 3.07. The maximum absolute atomic E-state index is 12.7. The summed E-state index contributed by atoms with van der Waals surface area (Å²) in [5, 5.41) is 22.2. The number of phenols is 2. The molecule has 1 aromatic heterocycles. The molecule has 0 unspecified atom stereocenters. The molecule has 0 aliphatic carbocycles. The number of aromatic amines is 1. The van der Waals surface area contributed by atoms with Crippen molar-refractivity contribution >= 4 is 17.3 Å². The summed E-state index contributed by atoms with van der Waals surface area (Å²) in [5.74, 6) is -0.408. The third-order valence-corrected chi connectivity index (χ3v) is 4.37. The van der Waals surface area contributed by atoms with Gasteiger partial charge in [-0.3, -0.25) is 9.59 Å². The lowest BCUT2D eigenvalue weighted by atomic mass is 10.0. The van der Waals surface area contributed by atoms with Crippen molar-refractivity contribution in [2.45, 2.75) is 0 Å². The van der Waals surface area contributed by atoms with E-state index in [0.717, 1.165) is 0 Å².